The Morgan fingerprint density at radius 3 is 0.604 bits per heavy atom. The number of hydrogen-bond donors (Lipinski definition) is 0. The number of esters is 6. The molecule has 0 N–H and O–H groups in total. The zero-order valence-electron chi connectivity index (χ0n) is 92.9. The molecule has 1 aliphatic heterocycles. The number of unbranched alkanes of at least 4 members (excludes halogenated alkanes) is 30. The van der Waals surface area contributed by atoms with Crippen LogP contribution in [0.5, 0.6) is 0 Å². The third-order valence-corrected chi connectivity index (χ3v) is 25.6. The Hall–Kier alpha value is -7.98. The van der Waals surface area contributed by atoms with Crippen molar-refractivity contribution in [1.82, 2.24) is 14.7 Å². The van der Waals surface area contributed by atoms with Crippen molar-refractivity contribution in [2.24, 2.45) is 0 Å². The van der Waals surface area contributed by atoms with E-state index in [9.17, 15) is 28.8 Å². The number of allylic oxidation sites excluding steroid dienone is 33. The molecule has 0 aromatic heterocycles. The van der Waals surface area contributed by atoms with E-state index in [2.05, 4.69) is 275 Å². The van der Waals surface area contributed by atoms with Gasteiger partial charge in [0.05, 0.1) is 39.1 Å². The maximum Gasteiger partial charge on any atom is 0.307 e. The van der Waals surface area contributed by atoms with E-state index in [-0.39, 0.29) is 54.1 Å². The zero-order chi connectivity index (χ0) is 104. The first-order valence-electron chi connectivity index (χ1n) is 58.9. The molecule has 15 nitrogen and oxygen atoms in total. The SMILES string of the molecule is CC/C=C\C/C=C\C/C=C\C/C=C\C/C=C\CCCC(=O)OC(C/C=C\CCCCCCCCOC(=O)CCN1CCN(CCC(=O)OCCCCCCCC/C=C\CC(CCCCCC)OC(=O)CCC/C=C\C/C=C\C/C=C\C/C=C\C/C=C\CC)CCN(CCC(=O)OCCCCCCCC/C=C\CC(CCCCCC)OC(=O)CCC/C=C\C/C=C\C/C=C\C/C=C\C/C=C\CC)CC1)CCCCCC. The summed E-state index contributed by atoms with van der Waals surface area (Å²) in [7, 11) is 0. The molecule has 0 bridgehead atoms. The molecule has 816 valence electrons. The first-order valence-corrected chi connectivity index (χ1v) is 58.9. The van der Waals surface area contributed by atoms with Gasteiger partial charge >= 0.3 is 35.8 Å². The van der Waals surface area contributed by atoms with Crippen molar-refractivity contribution in [2.45, 2.75) is 484 Å². The van der Waals surface area contributed by atoms with Crippen molar-refractivity contribution in [3.63, 3.8) is 0 Å². The Kier molecular flexibility index (Phi) is 103. The molecule has 0 spiro atoms. The lowest BCUT2D eigenvalue weighted by Crippen LogP contribution is -2.38. The predicted octanol–water partition coefficient (Wildman–Crippen LogP) is 35.1. The third-order valence-electron chi connectivity index (χ3n) is 25.6. The average molecular weight is 2000 g/mol. The van der Waals surface area contributed by atoms with E-state index < -0.39 is 0 Å². The van der Waals surface area contributed by atoms with Crippen LogP contribution < -0.4 is 0 Å². The number of rotatable bonds is 99. The molecule has 15 heteroatoms. The molecule has 0 aromatic carbocycles. The third kappa shape index (κ3) is 100.0. The van der Waals surface area contributed by atoms with Crippen LogP contribution in [0.2, 0.25) is 0 Å². The molecule has 0 saturated carbocycles. The Bertz CT molecular complexity index is 3180. The molecular weight excluding hydrogens is 1780 g/mol. The van der Waals surface area contributed by atoms with Crippen molar-refractivity contribution in [3.8, 4) is 0 Å². The summed E-state index contributed by atoms with van der Waals surface area (Å²) in [5, 5.41) is 0. The molecule has 1 fully saturated rings. The number of carbonyl (C=O) groups excluding carboxylic acids is 6. The second kappa shape index (κ2) is 111. The Balaban J connectivity index is 2.71. The first-order chi connectivity index (χ1) is 71.0. The lowest BCUT2D eigenvalue weighted by Gasteiger charge is -2.25. The molecule has 0 aromatic rings. The van der Waals surface area contributed by atoms with Gasteiger partial charge in [-0.15, -0.1) is 0 Å². The van der Waals surface area contributed by atoms with Crippen molar-refractivity contribution in [1.29, 1.82) is 0 Å². The van der Waals surface area contributed by atoms with Crippen molar-refractivity contribution >= 4 is 35.8 Å². The highest BCUT2D eigenvalue weighted by Crippen LogP contribution is 2.22. The quantitative estimate of drug-likeness (QED) is 0.0244. The van der Waals surface area contributed by atoms with Crippen LogP contribution in [0.4, 0.5) is 0 Å². The monoisotopic (exact) mass is 2000 g/mol. The predicted molar refractivity (Wildman–Crippen MR) is 615 cm³/mol. The van der Waals surface area contributed by atoms with Crippen LogP contribution in [0.15, 0.2) is 219 Å². The van der Waals surface area contributed by atoms with Crippen molar-refractivity contribution < 1.29 is 57.2 Å². The maximum absolute atomic E-state index is 13.3. The van der Waals surface area contributed by atoms with Gasteiger partial charge in [-0.25, -0.2) is 0 Å². The highest BCUT2D eigenvalue weighted by atomic mass is 16.6. The second-order valence-corrected chi connectivity index (χ2v) is 39.0. The summed E-state index contributed by atoms with van der Waals surface area (Å²) >= 11 is 0. The smallest absolute Gasteiger partial charge is 0.307 e. The van der Waals surface area contributed by atoms with Gasteiger partial charge in [-0.1, -0.05) is 395 Å². The highest BCUT2D eigenvalue weighted by molar-refractivity contribution is 5.71. The van der Waals surface area contributed by atoms with Crippen LogP contribution in [-0.2, 0) is 57.2 Å². The molecule has 1 heterocycles. The van der Waals surface area contributed by atoms with Crippen molar-refractivity contribution in [3.05, 3.63) is 219 Å². The fourth-order valence-electron chi connectivity index (χ4n) is 16.7. The van der Waals surface area contributed by atoms with E-state index in [4.69, 9.17) is 28.4 Å². The Morgan fingerprint density at radius 2 is 0.382 bits per heavy atom. The summed E-state index contributed by atoms with van der Waals surface area (Å²) in [4.78, 5) is 85.6. The van der Waals surface area contributed by atoms with Gasteiger partial charge in [0.2, 0.25) is 0 Å². The van der Waals surface area contributed by atoms with Gasteiger partial charge in [0.15, 0.2) is 0 Å². The Morgan fingerprint density at radius 1 is 0.194 bits per heavy atom. The van der Waals surface area contributed by atoms with Crippen LogP contribution in [-0.4, -0.2) is 148 Å². The van der Waals surface area contributed by atoms with E-state index in [0.29, 0.717) is 78.0 Å². The topological polar surface area (TPSA) is 168 Å². The van der Waals surface area contributed by atoms with Gasteiger partial charge in [-0.2, -0.15) is 0 Å². The normalized spacial score (nSPS) is 14.5. The minimum absolute atomic E-state index is 0.0617. The molecule has 1 aliphatic rings. The molecule has 1 rings (SSSR count). The molecular formula is C129H213N3O12. The number of carbonyl (C=O) groups is 6. The second-order valence-electron chi connectivity index (χ2n) is 39.0. The fourth-order valence-corrected chi connectivity index (χ4v) is 16.7. The summed E-state index contributed by atoms with van der Waals surface area (Å²) in [5.74, 6) is -0.762. The largest absolute Gasteiger partial charge is 0.466 e. The van der Waals surface area contributed by atoms with E-state index in [1.165, 1.54) is 57.8 Å². The molecule has 0 amide bonds. The molecule has 3 unspecified atom stereocenters. The van der Waals surface area contributed by atoms with Gasteiger partial charge in [0, 0.05) is 97.4 Å². The minimum atomic E-state index is -0.173. The van der Waals surface area contributed by atoms with Crippen molar-refractivity contribution in [2.75, 3.05) is 78.7 Å². The van der Waals surface area contributed by atoms with Gasteiger partial charge in [0.25, 0.3) is 0 Å². The molecule has 144 heavy (non-hydrogen) atoms. The lowest BCUT2D eigenvalue weighted by molar-refractivity contribution is -0.150. The van der Waals surface area contributed by atoms with Crippen LogP contribution in [0.1, 0.15) is 465 Å². The Labute approximate surface area is 883 Å². The minimum Gasteiger partial charge on any atom is -0.466 e. The zero-order valence-corrected chi connectivity index (χ0v) is 92.9. The fraction of sp³-hybridized carbons (Fsp3) is 0.674. The van der Waals surface area contributed by atoms with Gasteiger partial charge in [-0.05, 0) is 231 Å². The van der Waals surface area contributed by atoms with Gasteiger partial charge in [-0.3, -0.25) is 28.8 Å². The van der Waals surface area contributed by atoms with E-state index in [1.54, 1.807) is 0 Å². The maximum atomic E-state index is 13.3. The highest BCUT2D eigenvalue weighted by Gasteiger charge is 2.22. The summed E-state index contributed by atoms with van der Waals surface area (Å²) in [6.45, 7) is 20.7. The summed E-state index contributed by atoms with van der Waals surface area (Å²) < 4.78 is 35.6. The number of nitrogens with zero attached hydrogens (tertiary/aromatic N) is 3. The molecule has 0 aliphatic carbocycles. The molecule has 3 atom stereocenters. The lowest BCUT2D eigenvalue weighted by atomic mass is 10.1. The van der Waals surface area contributed by atoms with Crippen LogP contribution in [0.25, 0.3) is 0 Å². The standard InChI is InChI=1S/C129H213N3O12/c1-7-13-19-25-28-31-34-37-40-43-46-49-52-61-70-79-91-103-127(136)142-121(97-85-22-16-10-4)100-88-76-67-58-55-64-73-82-94-118-139-124(133)106-109-130-112-114-131(110-107-125(134)140-119-95-83-74-65-56-59-68-77-89-101-122(98-86-23-17-11-5)143-128(137)104-92-80-71-62-53-50-47-44-41-38-35-32-29-26-20-14-8-2)116-117-132(115-113-130)111-108-126(135)141-120-96-84-75-66-57-60-69-78-90-102-123(99-87-24-18-12-6)144-129(138)105-93-81-72-63-54-51-48-45-42-39-36-33-30-27-21-15-9-3/h13-15,19-21,28-33,37-42,46-51,61-63,70-72,76-78,88-90,121-123H,7-12,16-18,22-27,34-36,43-45,52-60,64-69,73-75,79-87,91-120H2,1-6H3/b19-13-,20-14-,21-15-,31-28-,32-29-,33-30-,40-37-,41-38-,42-39-,49-46-,50-47-,51-48-,70-61-,71-62-,72-63-,88-76-,89-77-,90-78-. The van der Waals surface area contributed by atoms with E-state index >= 15 is 0 Å². The number of hydrogen-bond acceptors (Lipinski definition) is 15. The molecule has 1 saturated heterocycles. The summed E-state index contributed by atoms with van der Waals surface area (Å²) in [5.41, 5.74) is 0. The molecule has 0 radical (unpaired) electrons. The van der Waals surface area contributed by atoms with Crippen LogP contribution in [0.3, 0.4) is 0 Å². The van der Waals surface area contributed by atoms with E-state index in [1.807, 2.05) is 0 Å². The van der Waals surface area contributed by atoms with Gasteiger partial charge < -0.3 is 43.1 Å². The first kappa shape index (κ1) is 134. The average Bonchev–Trinajstić information content (AvgIpc) is 1.79. The van der Waals surface area contributed by atoms with Crippen LogP contribution >= 0.6 is 0 Å². The summed E-state index contributed by atoms with van der Waals surface area (Å²) in [6.07, 6.45) is 143. The van der Waals surface area contributed by atoms with E-state index in [0.717, 1.165) is 367 Å². The summed E-state index contributed by atoms with van der Waals surface area (Å²) in [6, 6.07) is 0. The van der Waals surface area contributed by atoms with Crippen LogP contribution in [0, 0.1) is 0 Å². The number of ether oxygens (including phenoxy) is 6. The van der Waals surface area contributed by atoms with Gasteiger partial charge in [0.1, 0.15) is 18.3 Å².